The molecule has 5 nitrogen and oxygen atoms in total. The maximum atomic E-state index is 11.8. The third kappa shape index (κ3) is 5.63. The smallest absolute Gasteiger partial charge is 0.220 e. The molecule has 0 saturated carbocycles. The number of likely N-dealkylation sites (tertiary alicyclic amines) is 1. The van der Waals surface area contributed by atoms with Crippen molar-refractivity contribution in [3.8, 4) is 0 Å². The quantitative estimate of drug-likeness (QED) is 0.756. The van der Waals surface area contributed by atoms with Crippen LogP contribution >= 0.6 is 11.3 Å². The summed E-state index contributed by atoms with van der Waals surface area (Å²) in [4.78, 5) is 18.4. The van der Waals surface area contributed by atoms with Gasteiger partial charge in [0.15, 0.2) is 5.13 Å². The lowest BCUT2D eigenvalue weighted by Crippen LogP contribution is -2.37. The molecule has 1 saturated heterocycles. The lowest BCUT2D eigenvalue weighted by Gasteiger charge is -2.32. The van der Waals surface area contributed by atoms with E-state index in [0.717, 1.165) is 31.5 Å². The lowest BCUT2D eigenvalue weighted by atomic mass is 9.98. The predicted octanol–water partition coefficient (Wildman–Crippen LogP) is 2.04. The molecule has 118 valence electrons. The van der Waals surface area contributed by atoms with Gasteiger partial charge in [-0.3, -0.25) is 4.79 Å². The Morgan fingerprint density at radius 3 is 3.14 bits per heavy atom. The Labute approximate surface area is 130 Å². The molecule has 1 amide bonds. The number of nitrogens with zero attached hydrogens (tertiary/aromatic N) is 2. The SMILES string of the molecule is CN1CCCC[C@@H]1CCC(=O)NCCCc1csc(N)n1. The summed E-state index contributed by atoms with van der Waals surface area (Å²) in [5.41, 5.74) is 6.61. The van der Waals surface area contributed by atoms with E-state index in [4.69, 9.17) is 5.73 Å². The Morgan fingerprint density at radius 2 is 2.43 bits per heavy atom. The fourth-order valence-corrected chi connectivity index (χ4v) is 3.43. The second-order valence-corrected chi connectivity index (χ2v) is 6.69. The van der Waals surface area contributed by atoms with E-state index in [1.165, 1.54) is 37.1 Å². The highest BCUT2D eigenvalue weighted by atomic mass is 32.1. The van der Waals surface area contributed by atoms with E-state index < -0.39 is 0 Å². The Kier molecular flexibility index (Phi) is 6.45. The van der Waals surface area contributed by atoms with Crippen LogP contribution in [0.4, 0.5) is 5.13 Å². The number of carbonyl (C=O) groups excluding carboxylic acids is 1. The minimum absolute atomic E-state index is 0.173. The zero-order valence-electron chi connectivity index (χ0n) is 12.8. The predicted molar refractivity (Wildman–Crippen MR) is 87.4 cm³/mol. The van der Waals surface area contributed by atoms with Crippen molar-refractivity contribution >= 4 is 22.4 Å². The zero-order chi connectivity index (χ0) is 15.1. The molecule has 0 unspecified atom stereocenters. The molecular formula is C15H26N4OS. The van der Waals surface area contributed by atoms with Crippen LogP contribution in [-0.4, -0.2) is 42.0 Å². The van der Waals surface area contributed by atoms with Gasteiger partial charge in [-0.1, -0.05) is 6.42 Å². The van der Waals surface area contributed by atoms with Gasteiger partial charge in [-0.2, -0.15) is 0 Å². The summed E-state index contributed by atoms with van der Waals surface area (Å²) in [6.45, 7) is 1.89. The first-order chi connectivity index (χ1) is 10.1. The number of nitrogens with two attached hydrogens (primary N) is 1. The number of carbonyl (C=O) groups is 1. The van der Waals surface area contributed by atoms with E-state index in [9.17, 15) is 4.79 Å². The van der Waals surface area contributed by atoms with E-state index in [1.807, 2.05) is 5.38 Å². The number of hydrogen-bond donors (Lipinski definition) is 2. The molecule has 0 aliphatic carbocycles. The van der Waals surface area contributed by atoms with Crippen LogP contribution in [0.15, 0.2) is 5.38 Å². The standard InChI is InChI=1S/C15H26N4OS/c1-19-10-3-2-6-13(19)7-8-14(20)17-9-4-5-12-11-21-15(16)18-12/h11,13H,2-10H2,1H3,(H2,16,18)(H,17,20)/t13-/m1/s1. The molecule has 0 spiro atoms. The fraction of sp³-hybridized carbons (Fsp3) is 0.733. The van der Waals surface area contributed by atoms with Crippen LogP contribution in [0.25, 0.3) is 0 Å². The molecule has 1 aromatic rings. The average molecular weight is 310 g/mol. The molecule has 0 aromatic carbocycles. The summed E-state index contributed by atoms with van der Waals surface area (Å²) in [5.74, 6) is 0.173. The number of amides is 1. The van der Waals surface area contributed by atoms with Crippen LogP contribution in [0.1, 0.15) is 44.2 Å². The van der Waals surface area contributed by atoms with Crippen molar-refractivity contribution in [3.63, 3.8) is 0 Å². The summed E-state index contributed by atoms with van der Waals surface area (Å²) in [6, 6.07) is 0.586. The molecule has 1 atom stereocenters. The van der Waals surface area contributed by atoms with Crippen LogP contribution in [0.5, 0.6) is 0 Å². The third-order valence-electron chi connectivity index (χ3n) is 4.13. The topological polar surface area (TPSA) is 71.2 Å². The molecule has 3 N–H and O–H groups in total. The second kappa shape index (κ2) is 8.34. The summed E-state index contributed by atoms with van der Waals surface area (Å²) in [5, 5.41) is 5.60. The van der Waals surface area contributed by atoms with Crippen LogP contribution in [-0.2, 0) is 11.2 Å². The van der Waals surface area contributed by atoms with E-state index in [1.54, 1.807) is 0 Å². The first-order valence-corrected chi connectivity index (χ1v) is 8.70. The van der Waals surface area contributed by atoms with Crippen LogP contribution in [0.3, 0.4) is 0 Å². The average Bonchev–Trinajstić information content (AvgIpc) is 2.88. The van der Waals surface area contributed by atoms with Gasteiger partial charge >= 0.3 is 0 Å². The summed E-state index contributed by atoms with van der Waals surface area (Å²) >= 11 is 1.47. The van der Waals surface area contributed by atoms with Gasteiger partial charge < -0.3 is 16.0 Å². The first kappa shape index (κ1) is 16.2. The molecule has 0 bridgehead atoms. The number of nitrogen functional groups attached to an aromatic ring is 1. The van der Waals surface area contributed by atoms with Crippen molar-refractivity contribution in [1.82, 2.24) is 15.2 Å². The maximum Gasteiger partial charge on any atom is 0.220 e. The minimum atomic E-state index is 0.173. The van der Waals surface area contributed by atoms with Gasteiger partial charge in [0.05, 0.1) is 5.69 Å². The molecule has 1 aromatic heterocycles. The van der Waals surface area contributed by atoms with Crippen molar-refractivity contribution in [2.24, 2.45) is 0 Å². The van der Waals surface area contributed by atoms with E-state index in [0.29, 0.717) is 17.6 Å². The summed E-state index contributed by atoms with van der Waals surface area (Å²) in [6.07, 6.45) is 7.23. The Bertz CT molecular complexity index is 449. The number of aromatic nitrogens is 1. The number of anilines is 1. The summed E-state index contributed by atoms with van der Waals surface area (Å²) < 4.78 is 0. The van der Waals surface area contributed by atoms with Crippen LogP contribution in [0.2, 0.25) is 0 Å². The monoisotopic (exact) mass is 310 g/mol. The van der Waals surface area contributed by atoms with Crippen molar-refractivity contribution in [1.29, 1.82) is 0 Å². The molecule has 6 heteroatoms. The maximum absolute atomic E-state index is 11.8. The van der Waals surface area contributed by atoms with Crippen molar-refractivity contribution in [2.75, 3.05) is 25.9 Å². The molecule has 1 fully saturated rings. The van der Waals surface area contributed by atoms with Crippen LogP contribution < -0.4 is 11.1 Å². The number of hydrogen-bond acceptors (Lipinski definition) is 5. The zero-order valence-corrected chi connectivity index (χ0v) is 13.6. The Hall–Kier alpha value is -1.14. The van der Waals surface area contributed by atoms with E-state index in [-0.39, 0.29) is 5.91 Å². The molecule has 2 rings (SSSR count). The minimum Gasteiger partial charge on any atom is -0.375 e. The largest absolute Gasteiger partial charge is 0.375 e. The van der Waals surface area contributed by atoms with Gasteiger partial charge in [0.2, 0.25) is 5.91 Å². The van der Waals surface area contributed by atoms with E-state index >= 15 is 0 Å². The normalized spacial score (nSPS) is 19.6. The number of rotatable bonds is 7. The molecule has 21 heavy (non-hydrogen) atoms. The molecule has 1 aliphatic heterocycles. The Morgan fingerprint density at radius 1 is 1.57 bits per heavy atom. The van der Waals surface area contributed by atoms with Gasteiger partial charge in [0, 0.05) is 24.4 Å². The van der Waals surface area contributed by atoms with Gasteiger partial charge in [-0.15, -0.1) is 11.3 Å². The van der Waals surface area contributed by atoms with Gasteiger partial charge in [-0.05, 0) is 45.7 Å². The highest BCUT2D eigenvalue weighted by molar-refractivity contribution is 7.13. The highest BCUT2D eigenvalue weighted by Crippen LogP contribution is 2.18. The number of nitrogens with one attached hydrogen (secondary N) is 1. The fourth-order valence-electron chi connectivity index (χ4n) is 2.83. The highest BCUT2D eigenvalue weighted by Gasteiger charge is 2.19. The first-order valence-electron chi connectivity index (χ1n) is 7.82. The Balaban J connectivity index is 1.55. The molecular weight excluding hydrogens is 284 g/mol. The molecule has 2 heterocycles. The van der Waals surface area contributed by atoms with Crippen molar-refractivity contribution in [3.05, 3.63) is 11.1 Å². The molecule has 0 radical (unpaired) electrons. The van der Waals surface area contributed by atoms with Gasteiger partial charge in [0.25, 0.3) is 0 Å². The second-order valence-electron chi connectivity index (χ2n) is 5.80. The van der Waals surface area contributed by atoms with E-state index in [2.05, 4.69) is 22.2 Å². The van der Waals surface area contributed by atoms with Crippen molar-refractivity contribution < 1.29 is 4.79 Å². The lowest BCUT2D eigenvalue weighted by molar-refractivity contribution is -0.121. The van der Waals surface area contributed by atoms with Gasteiger partial charge in [0.1, 0.15) is 0 Å². The number of aryl methyl sites for hydroxylation is 1. The van der Waals surface area contributed by atoms with Gasteiger partial charge in [-0.25, -0.2) is 4.98 Å². The third-order valence-corrected chi connectivity index (χ3v) is 4.85. The van der Waals surface area contributed by atoms with Crippen molar-refractivity contribution in [2.45, 2.75) is 51.0 Å². The number of piperidine rings is 1. The summed E-state index contributed by atoms with van der Waals surface area (Å²) in [7, 11) is 2.17. The molecule has 1 aliphatic rings. The number of thiazole rings is 1. The van der Waals surface area contributed by atoms with Crippen LogP contribution in [0, 0.1) is 0 Å².